The molecule has 0 saturated heterocycles. The Kier molecular flexibility index (Phi) is 4.51. The highest BCUT2D eigenvalue weighted by atomic mass is 16.5. The molecule has 0 aliphatic carbocycles. The molecule has 0 saturated carbocycles. The maximum absolute atomic E-state index is 12.5. The zero-order chi connectivity index (χ0) is 18.1. The fourth-order valence-electron chi connectivity index (χ4n) is 3.81. The van der Waals surface area contributed by atoms with Crippen molar-refractivity contribution in [3.63, 3.8) is 0 Å². The van der Waals surface area contributed by atoms with Crippen LogP contribution < -0.4 is 10.1 Å². The van der Waals surface area contributed by atoms with Crippen LogP contribution in [0.5, 0.6) is 5.75 Å². The molecule has 2 heterocycles. The van der Waals surface area contributed by atoms with Crippen LogP contribution in [-0.2, 0) is 13.0 Å². The number of hydrogen-bond acceptors (Lipinski definition) is 3. The van der Waals surface area contributed by atoms with E-state index in [1.54, 1.807) is 7.11 Å². The van der Waals surface area contributed by atoms with Gasteiger partial charge in [-0.2, -0.15) is 0 Å². The molecule has 4 nitrogen and oxygen atoms in total. The Morgan fingerprint density at radius 3 is 2.85 bits per heavy atom. The number of nitrogens with zero attached hydrogens (tertiary/aromatic N) is 1. The van der Waals surface area contributed by atoms with E-state index in [0.29, 0.717) is 12.2 Å². The average Bonchev–Trinajstić information content (AvgIpc) is 2.86. The van der Waals surface area contributed by atoms with Gasteiger partial charge in [-0.05, 0) is 46.8 Å². The van der Waals surface area contributed by atoms with E-state index in [1.165, 1.54) is 16.6 Å². The van der Waals surface area contributed by atoms with Crippen LogP contribution >= 0.6 is 0 Å². The lowest BCUT2D eigenvalue weighted by atomic mass is 9.95. The molecule has 0 fully saturated rings. The lowest BCUT2D eigenvalue weighted by Crippen LogP contribution is -2.17. The summed E-state index contributed by atoms with van der Waals surface area (Å²) < 4.78 is 7.73. The molecule has 4 heteroatoms. The lowest BCUT2D eigenvalue weighted by molar-refractivity contribution is 0.0988. The number of Topliss-reactive ketones (excluding diaryl/α,β-unsaturated/α-hetero) is 1. The van der Waals surface area contributed by atoms with Crippen molar-refractivity contribution in [3.8, 4) is 16.9 Å². The molecule has 1 N–H and O–H groups in total. The van der Waals surface area contributed by atoms with Crippen LogP contribution in [0.1, 0.15) is 29.4 Å². The zero-order valence-electron chi connectivity index (χ0n) is 15.3. The summed E-state index contributed by atoms with van der Waals surface area (Å²) in [6.45, 7) is 4.89. The molecule has 26 heavy (non-hydrogen) atoms. The number of ether oxygens (including phenoxy) is 1. The highest BCUT2D eigenvalue weighted by Crippen LogP contribution is 2.32. The van der Waals surface area contributed by atoms with E-state index < -0.39 is 0 Å². The molecule has 1 aromatic heterocycles. The third-order valence-corrected chi connectivity index (χ3v) is 5.22. The SMILES string of the molecule is CCC(=O)c1cc(OC)ccc1-c1ccc2cc3n(c2c1)CCNCC3. The third-order valence-electron chi connectivity index (χ3n) is 5.22. The second-order valence-corrected chi connectivity index (χ2v) is 6.75. The Bertz CT molecular complexity index is 972. The molecule has 1 aliphatic rings. The topological polar surface area (TPSA) is 43.3 Å². The molecule has 3 aromatic rings. The van der Waals surface area contributed by atoms with E-state index in [9.17, 15) is 4.79 Å². The predicted molar refractivity (Wildman–Crippen MR) is 105 cm³/mol. The Hall–Kier alpha value is -2.59. The molecule has 1 aliphatic heterocycles. The number of fused-ring (bicyclic) bond motifs is 3. The van der Waals surface area contributed by atoms with Gasteiger partial charge in [0, 0.05) is 49.2 Å². The van der Waals surface area contributed by atoms with E-state index in [0.717, 1.165) is 42.7 Å². The van der Waals surface area contributed by atoms with E-state index >= 15 is 0 Å². The largest absolute Gasteiger partial charge is 0.497 e. The lowest BCUT2D eigenvalue weighted by Gasteiger charge is -2.12. The molecular weight excluding hydrogens is 324 g/mol. The summed E-state index contributed by atoms with van der Waals surface area (Å²) in [4.78, 5) is 12.5. The van der Waals surface area contributed by atoms with Gasteiger partial charge < -0.3 is 14.6 Å². The minimum Gasteiger partial charge on any atom is -0.497 e. The fraction of sp³-hybridized carbons (Fsp3) is 0.318. The highest BCUT2D eigenvalue weighted by molar-refractivity contribution is 6.03. The predicted octanol–water partition coefficient (Wildman–Crippen LogP) is 4.06. The number of nitrogens with one attached hydrogen (secondary N) is 1. The van der Waals surface area contributed by atoms with Gasteiger partial charge in [0.25, 0.3) is 0 Å². The van der Waals surface area contributed by atoms with Gasteiger partial charge in [-0.3, -0.25) is 4.79 Å². The Balaban J connectivity index is 1.87. The molecule has 4 rings (SSSR count). The first-order valence-electron chi connectivity index (χ1n) is 9.25. The van der Waals surface area contributed by atoms with Crippen molar-refractivity contribution in [2.24, 2.45) is 0 Å². The first-order chi connectivity index (χ1) is 12.7. The number of carbonyl (C=O) groups excluding carboxylic acids is 1. The van der Waals surface area contributed by atoms with Crippen LogP contribution in [0.15, 0.2) is 42.5 Å². The van der Waals surface area contributed by atoms with Gasteiger partial charge in [0.2, 0.25) is 0 Å². The summed E-state index contributed by atoms with van der Waals surface area (Å²) >= 11 is 0. The van der Waals surface area contributed by atoms with E-state index in [1.807, 2.05) is 25.1 Å². The van der Waals surface area contributed by atoms with Gasteiger partial charge in [0.05, 0.1) is 7.11 Å². The first-order valence-corrected chi connectivity index (χ1v) is 9.25. The monoisotopic (exact) mass is 348 g/mol. The van der Waals surface area contributed by atoms with Crippen molar-refractivity contribution < 1.29 is 9.53 Å². The van der Waals surface area contributed by atoms with Gasteiger partial charge in [0.15, 0.2) is 5.78 Å². The minimum absolute atomic E-state index is 0.136. The van der Waals surface area contributed by atoms with Crippen LogP contribution in [-0.4, -0.2) is 30.5 Å². The average molecular weight is 348 g/mol. The number of ketones is 1. The molecule has 0 spiro atoms. The summed E-state index contributed by atoms with van der Waals surface area (Å²) in [5.74, 6) is 0.853. The number of carbonyl (C=O) groups is 1. The Morgan fingerprint density at radius 1 is 1.15 bits per heavy atom. The highest BCUT2D eigenvalue weighted by Gasteiger charge is 2.16. The van der Waals surface area contributed by atoms with Crippen LogP contribution in [0.25, 0.3) is 22.0 Å². The summed E-state index contributed by atoms with van der Waals surface area (Å²) in [7, 11) is 1.63. The van der Waals surface area contributed by atoms with Crippen molar-refractivity contribution in [2.45, 2.75) is 26.3 Å². The number of hydrogen-bond donors (Lipinski definition) is 1. The minimum atomic E-state index is 0.136. The molecule has 134 valence electrons. The van der Waals surface area contributed by atoms with Crippen molar-refractivity contribution in [1.29, 1.82) is 0 Å². The molecular formula is C22H24N2O2. The summed E-state index contributed by atoms with van der Waals surface area (Å²) in [5, 5.41) is 4.72. The van der Waals surface area contributed by atoms with Crippen LogP contribution in [0, 0.1) is 0 Å². The Morgan fingerprint density at radius 2 is 2.04 bits per heavy atom. The first kappa shape index (κ1) is 16.9. The molecule has 0 bridgehead atoms. The van der Waals surface area contributed by atoms with Gasteiger partial charge in [0.1, 0.15) is 5.75 Å². The van der Waals surface area contributed by atoms with Crippen molar-refractivity contribution in [1.82, 2.24) is 9.88 Å². The number of methoxy groups -OCH3 is 1. The molecule has 0 amide bonds. The fourth-order valence-corrected chi connectivity index (χ4v) is 3.81. The van der Waals surface area contributed by atoms with E-state index in [4.69, 9.17) is 4.74 Å². The second-order valence-electron chi connectivity index (χ2n) is 6.75. The quantitative estimate of drug-likeness (QED) is 0.723. The molecule has 2 aromatic carbocycles. The maximum Gasteiger partial charge on any atom is 0.163 e. The van der Waals surface area contributed by atoms with Gasteiger partial charge in [-0.1, -0.05) is 19.1 Å². The number of rotatable bonds is 4. The number of aromatic nitrogens is 1. The van der Waals surface area contributed by atoms with Gasteiger partial charge in [-0.25, -0.2) is 0 Å². The zero-order valence-corrected chi connectivity index (χ0v) is 15.3. The third kappa shape index (κ3) is 2.90. The Labute approximate surface area is 153 Å². The van der Waals surface area contributed by atoms with Gasteiger partial charge in [-0.15, -0.1) is 0 Å². The maximum atomic E-state index is 12.5. The van der Waals surface area contributed by atoms with Crippen molar-refractivity contribution in [2.75, 3.05) is 20.2 Å². The van der Waals surface area contributed by atoms with E-state index in [-0.39, 0.29) is 5.78 Å². The molecule has 0 radical (unpaired) electrons. The second kappa shape index (κ2) is 6.96. The summed E-state index contributed by atoms with van der Waals surface area (Å²) in [6, 6.07) is 14.6. The van der Waals surface area contributed by atoms with Crippen LogP contribution in [0.4, 0.5) is 0 Å². The van der Waals surface area contributed by atoms with Crippen molar-refractivity contribution in [3.05, 3.63) is 53.7 Å². The summed E-state index contributed by atoms with van der Waals surface area (Å²) in [5.41, 5.74) is 5.40. The van der Waals surface area contributed by atoms with E-state index in [2.05, 4.69) is 34.1 Å². The number of benzene rings is 2. The smallest absolute Gasteiger partial charge is 0.163 e. The molecule has 0 atom stereocenters. The van der Waals surface area contributed by atoms with Gasteiger partial charge >= 0.3 is 0 Å². The summed E-state index contributed by atoms with van der Waals surface area (Å²) in [6.07, 6.45) is 1.53. The van der Waals surface area contributed by atoms with Crippen LogP contribution in [0.2, 0.25) is 0 Å². The molecule has 0 unspecified atom stereocenters. The normalized spacial score (nSPS) is 14.1. The van der Waals surface area contributed by atoms with Crippen LogP contribution in [0.3, 0.4) is 0 Å². The van der Waals surface area contributed by atoms with Crippen molar-refractivity contribution >= 4 is 16.7 Å². The standard InChI is InChI=1S/C22H24N2O2/c1-3-22(25)20-14-18(26-2)6-7-19(20)15-4-5-16-12-17-8-9-23-10-11-24(17)21(16)13-15/h4-7,12-14,23H,3,8-11H2,1-2H3.